The molecular weight excluding hydrogens is 282 g/mol. The summed E-state index contributed by atoms with van der Waals surface area (Å²) in [6, 6.07) is 6.89. The van der Waals surface area contributed by atoms with Gasteiger partial charge in [-0.3, -0.25) is 14.4 Å². The molecule has 6 heteroatoms. The number of hydrogen-bond acceptors (Lipinski definition) is 3. The maximum atomic E-state index is 11.9. The maximum absolute atomic E-state index is 11.9. The number of carbonyl (C=O) groups excluding carboxylic acids is 3. The topological polar surface area (TPSA) is 78.5 Å². The number of piperidine rings is 1. The maximum Gasteiger partial charge on any atom is 0.313 e. The fourth-order valence-electron chi connectivity index (χ4n) is 2.35. The van der Waals surface area contributed by atoms with E-state index in [1.54, 1.807) is 36.9 Å². The lowest BCUT2D eigenvalue weighted by Gasteiger charge is -2.27. The monoisotopic (exact) mass is 303 g/mol. The Morgan fingerprint density at radius 3 is 2.64 bits per heavy atom. The summed E-state index contributed by atoms with van der Waals surface area (Å²) in [5, 5.41) is 5.08. The highest BCUT2D eigenvalue weighted by molar-refractivity contribution is 6.39. The van der Waals surface area contributed by atoms with Crippen molar-refractivity contribution in [2.75, 3.05) is 16.8 Å². The molecular formula is C16H21N3O3. The largest absolute Gasteiger partial charge is 0.346 e. The van der Waals surface area contributed by atoms with E-state index in [1.165, 1.54) is 0 Å². The van der Waals surface area contributed by atoms with Crippen LogP contribution in [0.3, 0.4) is 0 Å². The van der Waals surface area contributed by atoms with E-state index in [9.17, 15) is 14.4 Å². The summed E-state index contributed by atoms with van der Waals surface area (Å²) in [4.78, 5) is 37.1. The van der Waals surface area contributed by atoms with Crippen LogP contribution in [0.1, 0.15) is 33.1 Å². The Morgan fingerprint density at radius 2 is 1.95 bits per heavy atom. The van der Waals surface area contributed by atoms with Gasteiger partial charge in [-0.05, 0) is 44.9 Å². The first-order chi connectivity index (χ1) is 10.5. The minimum atomic E-state index is -0.712. The highest BCUT2D eigenvalue weighted by Gasteiger charge is 2.20. The van der Waals surface area contributed by atoms with Crippen LogP contribution < -0.4 is 15.5 Å². The molecule has 6 nitrogen and oxygen atoms in total. The molecule has 22 heavy (non-hydrogen) atoms. The van der Waals surface area contributed by atoms with E-state index < -0.39 is 11.8 Å². The number of nitrogens with one attached hydrogen (secondary N) is 2. The average molecular weight is 303 g/mol. The Labute approximate surface area is 129 Å². The van der Waals surface area contributed by atoms with Gasteiger partial charge >= 0.3 is 11.8 Å². The molecule has 118 valence electrons. The Kier molecular flexibility index (Phi) is 5.14. The third-order valence-electron chi connectivity index (χ3n) is 3.37. The van der Waals surface area contributed by atoms with Crippen molar-refractivity contribution in [3.63, 3.8) is 0 Å². The van der Waals surface area contributed by atoms with Gasteiger partial charge in [0.15, 0.2) is 0 Å². The molecule has 0 atom stereocenters. The normalized spacial score (nSPS) is 14.9. The van der Waals surface area contributed by atoms with Gasteiger partial charge in [-0.15, -0.1) is 0 Å². The van der Waals surface area contributed by atoms with E-state index in [2.05, 4.69) is 10.6 Å². The first-order valence-electron chi connectivity index (χ1n) is 7.49. The molecule has 0 radical (unpaired) electrons. The number of anilines is 2. The second-order valence-electron chi connectivity index (χ2n) is 5.64. The van der Waals surface area contributed by atoms with E-state index in [4.69, 9.17) is 0 Å². The van der Waals surface area contributed by atoms with Crippen LogP contribution >= 0.6 is 0 Å². The molecule has 1 heterocycles. The van der Waals surface area contributed by atoms with Gasteiger partial charge in [-0.1, -0.05) is 6.07 Å². The molecule has 1 aliphatic heterocycles. The molecule has 0 bridgehead atoms. The molecule has 0 aliphatic carbocycles. The van der Waals surface area contributed by atoms with Crippen LogP contribution in [0.4, 0.5) is 11.4 Å². The number of benzene rings is 1. The van der Waals surface area contributed by atoms with Gasteiger partial charge < -0.3 is 15.5 Å². The van der Waals surface area contributed by atoms with Crippen LogP contribution in [-0.4, -0.2) is 30.3 Å². The summed E-state index contributed by atoms with van der Waals surface area (Å²) < 4.78 is 0. The molecule has 0 saturated carbocycles. The third kappa shape index (κ3) is 4.07. The zero-order valence-electron chi connectivity index (χ0n) is 12.9. The molecule has 1 fully saturated rings. The van der Waals surface area contributed by atoms with Crippen LogP contribution in [0, 0.1) is 0 Å². The van der Waals surface area contributed by atoms with E-state index in [1.807, 2.05) is 6.07 Å². The second-order valence-corrected chi connectivity index (χ2v) is 5.64. The summed E-state index contributed by atoms with van der Waals surface area (Å²) in [6.45, 7) is 4.26. The number of carbonyl (C=O) groups is 3. The van der Waals surface area contributed by atoms with Gasteiger partial charge in [0.05, 0.1) is 0 Å². The summed E-state index contributed by atoms with van der Waals surface area (Å²) >= 11 is 0. The van der Waals surface area contributed by atoms with Gasteiger partial charge in [-0.2, -0.15) is 0 Å². The number of rotatable bonds is 3. The van der Waals surface area contributed by atoms with E-state index in [0.29, 0.717) is 18.7 Å². The van der Waals surface area contributed by atoms with Gasteiger partial charge in [0, 0.05) is 30.4 Å². The molecule has 0 aromatic heterocycles. The fraction of sp³-hybridized carbons (Fsp3) is 0.438. The van der Waals surface area contributed by atoms with Gasteiger partial charge in [0.1, 0.15) is 0 Å². The first kappa shape index (κ1) is 16.0. The molecule has 0 spiro atoms. The minimum absolute atomic E-state index is 0.0901. The predicted octanol–water partition coefficient (Wildman–Crippen LogP) is 1.67. The van der Waals surface area contributed by atoms with Crippen molar-refractivity contribution >= 4 is 29.1 Å². The van der Waals surface area contributed by atoms with Crippen LogP contribution in [0.15, 0.2) is 24.3 Å². The van der Waals surface area contributed by atoms with Crippen molar-refractivity contribution < 1.29 is 14.4 Å². The fourth-order valence-corrected chi connectivity index (χ4v) is 2.35. The first-order valence-corrected chi connectivity index (χ1v) is 7.49. The summed E-state index contributed by atoms with van der Waals surface area (Å²) in [5.74, 6) is -1.29. The summed E-state index contributed by atoms with van der Waals surface area (Å²) in [6.07, 6.45) is 2.44. The molecule has 2 N–H and O–H groups in total. The van der Waals surface area contributed by atoms with E-state index in [-0.39, 0.29) is 11.9 Å². The Balaban J connectivity index is 2.06. The van der Waals surface area contributed by atoms with Crippen LogP contribution in [0.5, 0.6) is 0 Å². The number of hydrogen-bond donors (Lipinski definition) is 2. The summed E-state index contributed by atoms with van der Waals surface area (Å²) in [5.41, 5.74) is 1.24. The van der Waals surface area contributed by atoms with Gasteiger partial charge in [0.2, 0.25) is 5.91 Å². The highest BCUT2D eigenvalue weighted by atomic mass is 16.2. The van der Waals surface area contributed by atoms with E-state index in [0.717, 1.165) is 18.5 Å². The van der Waals surface area contributed by atoms with Crippen molar-refractivity contribution in [3.05, 3.63) is 24.3 Å². The van der Waals surface area contributed by atoms with Gasteiger partial charge in [0.25, 0.3) is 0 Å². The van der Waals surface area contributed by atoms with E-state index >= 15 is 0 Å². The highest BCUT2D eigenvalue weighted by Crippen LogP contribution is 2.23. The number of nitrogens with zero attached hydrogens (tertiary/aromatic N) is 1. The number of amides is 3. The molecule has 1 aromatic carbocycles. The quantitative estimate of drug-likeness (QED) is 0.834. The Morgan fingerprint density at radius 1 is 1.18 bits per heavy atom. The van der Waals surface area contributed by atoms with Crippen molar-refractivity contribution in [1.82, 2.24) is 5.32 Å². The lowest BCUT2D eigenvalue weighted by Crippen LogP contribution is -2.39. The lowest BCUT2D eigenvalue weighted by atomic mass is 10.1. The van der Waals surface area contributed by atoms with Gasteiger partial charge in [-0.25, -0.2) is 0 Å². The SMILES string of the molecule is CC(C)NC(=O)C(=O)Nc1cccc(N2CCCCC2=O)c1. The average Bonchev–Trinajstić information content (AvgIpc) is 2.47. The van der Waals surface area contributed by atoms with Crippen molar-refractivity contribution in [2.24, 2.45) is 0 Å². The molecule has 0 unspecified atom stereocenters. The molecule has 1 aromatic rings. The van der Waals surface area contributed by atoms with Crippen LogP contribution in [-0.2, 0) is 14.4 Å². The van der Waals surface area contributed by atoms with Crippen LogP contribution in [0.2, 0.25) is 0 Å². The Hall–Kier alpha value is -2.37. The molecule has 3 amide bonds. The molecule has 2 rings (SSSR count). The standard InChI is InChI=1S/C16H21N3O3/c1-11(2)17-15(21)16(22)18-12-6-5-7-13(10-12)19-9-4-3-8-14(19)20/h5-7,10-11H,3-4,8-9H2,1-2H3,(H,17,21)(H,18,22). The predicted molar refractivity (Wildman–Crippen MR) is 84.6 cm³/mol. The smallest absolute Gasteiger partial charge is 0.313 e. The zero-order chi connectivity index (χ0) is 16.1. The molecule has 1 aliphatic rings. The van der Waals surface area contributed by atoms with Crippen molar-refractivity contribution in [2.45, 2.75) is 39.2 Å². The van der Waals surface area contributed by atoms with Crippen molar-refractivity contribution in [1.29, 1.82) is 0 Å². The molecule has 1 saturated heterocycles. The minimum Gasteiger partial charge on any atom is -0.346 e. The van der Waals surface area contributed by atoms with Crippen molar-refractivity contribution in [3.8, 4) is 0 Å². The second kappa shape index (κ2) is 7.06. The Bertz CT molecular complexity index is 584. The summed E-state index contributed by atoms with van der Waals surface area (Å²) in [7, 11) is 0. The van der Waals surface area contributed by atoms with Crippen LogP contribution in [0.25, 0.3) is 0 Å². The third-order valence-corrected chi connectivity index (χ3v) is 3.37. The zero-order valence-corrected chi connectivity index (χ0v) is 12.9. The lowest BCUT2D eigenvalue weighted by molar-refractivity contribution is -0.136.